The number of aliphatic hydroxyl groups is 1. The number of benzene rings is 1. The Hall–Kier alpha value is -1.40. The molecule has 120 valence electrons. The summed E-state index contributed by atoms with van der Waals surface area (Å²) in [6.45, 7) is 5.19. The summed E-state index contributed by atoms with van der Waals surface area (Å²) < 4.78 is 16.0. The molecule has 2 aromatic rings. The highest BCUT2D eigenvalue weighted by atomic mass is 32.2. The van der Waals surface area contributed by atoms with E-state index in [-0.39, 0.29) is 12.4 Å². The standard InChI is InChI=1S/C16H22FN3OS/c1-12(2)11-20-15(13-7-3-4-8-14(13)17)18-19-16(20)22-10-6-5-9-21/h3-4,7-8,12,21H,5-6,9-11H2,1-2H3. The first kappa shape index (κ1) is 17.0. The van der Waals surface area contributed by atoms with Crippen molar-refractivity contribution in [3.63, 3.8) is 0 Å². The maximum absolute atomic E-state index is 14.0. The van der Waals surface area contributed by atoms with Crippen LogP contribution >= 0.6 is 11.8 Å². The van der Waals surface area contributed by atoms with Gasteiger partial charge in [-0.3, -0.25) is 0 Å². The largest absolute Gasteiger partial charge is 0.396 e. The third-order valence-electron chi connectivity index (χ3n) is 3.16. The zero-order valence-corrected chi connectivity index (χ0v) is 13.8. The molecule has 0 saturated heterocycles. The maximum Gasteiger partial charge on any atom is 0.191 e. The Morgan fingerprint density at radius 3 is 2.68 bits per heavy atom. The van der Waals surface area contributed by atoms with Gasteiger partial charge in [-0.05, 0) is 30.9 Å². The molecule has 1 heterocycles. The Morgan fingerprint density at radius 1 is 1.23 bits per heavy atom. The van der Waals surface area contributed by atoms with Crippen LogP contribution in [0.4, 0.5) is 4.39 Å². The van der Waals surface area contributed by atoms with Crippen LogP contribution in [0.5, 0.6) is 0 Å². The average Bonchev–Trinajstić information content (AvgIpc) is 2.86. The molecule has 0 spiro atoms. The Morgan fingerprint density at radius 2 is 2.00 bits per heavy atom. The van der Waals surface area contributed by atoms with Crippen molar-refractivity contribution in [2.45, 2.75) is 38.4 Å². The predicted octanol–water partition coefficient (Wildman–Crippen LogP) is 3.60. The molecular weight excluding hydrogens is 301 g/mol. The van der Waals surface area contributed by atoms with Crippen molar-refractivity contribution in [3.8, 4) is 11.4 Å². The maximum atomic E-state index is 14.0. The van der Waals surface area contributed by atoms with Gasteiger partial charge in [0, 0.05) is 18.9 Å². The minimum Gasteiger partial charge on any atom is -0.396 e. The molecule has 1 N–H and O–H groups in total. The Balaban J connectivity index is 2.26. The van der Waals surface area contributed by atoms with E-state index in [1.165, 1.54) is 6.07 Å². The van der Waals surface area contributed by atoms with Crippen LogP contribution in [-0.2, 0) is 6.54 Å². The van der Waals surface area contributed by atoms with Gasteiger partial charge in [0.1, 0.15) is 5.82 Å². The summed E-state index contributed by atoms with van der Waals surface area (Å²) >= 11 is 1.61. The summed E-state index contributed by atoms with van der Waals surface area (Å²) in [7, 11) is 0. The zero-order valence-electron chi connectivity index (χ0n) is 13.0. The highest BCUT2D eigenvalue weighted by molar-refractivity contribution is 7.99. The van der Waals surface area contributed by atoms with Crippen molar-refractivity contribution >= 4 is 11.8 Å². The van der Waals surface area contributed by atoms with Crippen LogP contribution in [-0.4, -0.2) is 32.2 Å². The lowest BCUT2D eigenvalue weighted by atomic mass is 10.2. The third kappa shape index (κ3) is 4.30. The van der Waals surface area contributed by atoms with Gasteiger partial charge in [-0.25, -0.2) is 4.39 Å². The Bertz CT molecular complexity index is 601. The van der Waals surface area contributed by atoms with E-state index in [1.54, 1.807) is 30.0 Å². The van der Waals surface area contributed by atoms with E-state index >= 15 is 0 Å². The van der Waals surface area contributed by atoms with Gasteiger partial charge in [-0.2, -0.15) is 0 Å². The van der Waals surface area contributed by atoms with E-state index in [9.17, 15) is 4.39 Å². The molecule has 0 saturated carbocycles. The topological polar surface area (TPSA) is 50.9 Å². The summed E-state index contributed by atoms with van der Waals surface area (Å²) in [5.74, 6) is 1.58. The summed E-state index contributed by atoms with van der Waals surface area (Å²) in [5, 5.41) is 18.1. The SMILES string of the molecule is CC(C)Cn1c(SCCCCO)nnc1-c1ccccc1F. The smallest absolute Gasteiger partial charge is 0.191 e. The van der Waals surface area contributed by atoms with Gasteiger partial charge in [0.25, 0.3) is 0 Å². The van der Waals surface area contributed by atoms with Gasteiger partial charge >= 0.3 is 0 Å². The van der Waals surface area contributed by atoms with Crippen LogP contribution in [0.25, 0.3) is 11.4 Å². The van der Waals surface area contributed by atoms with Crippen molar-refractivity contribution < 1.29 is 9.50 Å². The molecule has 0 unspecified atom stereocenters. The molecule has 0 amide bonds. The van der Waals surface area contributed by atoms with Crippen LogP contribution in [0.1, 0.15) is 26.7 Å². The quantitative estimate of drug-likeness (QED) is 0.595. The van der Waals surface area contributed by atoms with Gasteiger partial charge in [-0.1, -0.05) is 37.7 Å². The minimum atomic E-state index is -0.281. The van der Waals surface area contributed by atoms with E-state index in [2.05, 4.69) is 24.0 Å². The molecule has 22 heavy (non-hydrogen) atoms. The van der Waals surface area contributed by atoms with Crippen molar-refractivity contribution in [2.75, 3.05) is 12.4 Å². The number of hydrogen-bond donors (Lipinski definition) is 1. The molecule has 0 aliphatic carbocycles. The molecule has 6 heteroatoms. The monoisotopic (exact) mass is 323 g/mol. The molecule has 4 nitrogen and oxygen atoms in total. The molecule has 0 bridgehead atoms. The number of halogens is 1. The van der Waals surface area contributed by atoms with Crippen molar-refractivity contribution in [2.24, 2.45) is 5.92 Å². The number of unbranched alkanes of at least 4 members (excludes halogenated alkanes) is 1. The summed E-state index contributed by atoms with van der Waals surface area (Å²) in [6.07, 6.45) is 1.70. The molecule has 0 aliphatic heterocycles. The molecule has 0 fully saturated rings. The van der Waals surface area contributed by atoms with E-state index < -0.39 is 0 Å². The molecular formula is C16H22FN3OS. The molecule has 0 atom stereocenters. The number of rotatable bonds is 8. The van der Waals surface area contributed by atoms with Crippen LogP contribution < -0.4 is 0 Å². The van der Waals surface area contributed by atoms with Gasteiger partial charge in [0.2, 0.25) is 0 Å². The van der Waals surface area contributed by atoms with Crippen molar-refractivity contribution in [3.05, 3.63) is 30.1 Å². The first-order valence-corrected chi connectivity index (χ1v) is 8.53. The van der Waals surface area contributed by atoms with E-state index in [0.29, 0.717) is 17.3 Å². The highest BCUT2D eigenvalue weighted by Crippen LogP contribution is 2.27. The third-order valence-corrected chi connectivity index (χ3v) is 4.22. The molecule has 2 rings (SSSR count). The fraction of sp³-hybridized carbons (Fsp3) is 0.500. The second-order valence-corrected chi connectivity index (χ2v) is 6.63. The first-order chi connectivity index (χ1) is 10.6. The van der Waals surface area contributed by atoms with Gasteiger partial charge in [-0.15, -0.1) is 10.2 Å². The van der Waals surface area contributed by atoms with E-state index in [1.807, 2.05) is 4.57 Å². The summed E-state index contributed by atoms with van der Waals surface area (Å²) in [5.41, 5.74) is 0.484. The van der Waals surface area contributed by atoms with E-state index in [0.717, 1.165) is 30.3 Å². The fourth-order valence-electron chi connectivity index (χ4n) is 2.14. The fourth-order valence-corrected chi connectivity index (χ4v) is 3.09. The van der Waals surface area contributed by atoms with Crippen LogP contribution in [0, 0.1) is 11.7 Å². The lowest BCUT2D eigenvalue weighted by Gasteiger charge is -2.12. The number of thioether (sulfide) groups is 1. The van der Waals surface area contributed by atoms with E-state index in [4.69, 9.17) is 5.11 Å². The number of hydrogen-bond acceptors (Lipinski definition) is 4. The summed E-state index contributed by atoms with van der Waals surface area (Å²) in [6, 6.07) is 6.65. The second-order valence-electron chi connectivity index (χ2n) is 5.57. The van der Waals surface area contributed by atoms with Crippen LogP contribution in [0.2, 0.25) is 0 Å². The molecule has 1 aromatic heterocycles. The Labute approximate surface area is 134 Å². The highest BCUT2D eigenvalue weighted by Gasteiger charge is 2.17. The summed E-state index contributed by atoms with van der Waals surface area (Å²) in [4.78, 5) is 0. The minimum absolute atomic E-state index is 0.208. The van der Waals surface area contributed by atoms with Gasteiger partial charge in [0.05, 0.1) is 5.56 Å². The average molecular weight is 323 g/mol. The molecule has 0 aliphatic rings. The van der Waals surface area contributed by atoms with Crippen LogP contribution in [0.15, 0.2) is 29.4 Å². The van der Waals surface area contributed by atoms with Gasteiger partial charge in [0.15, 0.2) is 11.0 Å². The lowest BCUT2D eigenvalue weighted by molar-refractivity contribution is 0.287. The molecule has 1 aromatic carbocycles. The number of aliphatic hydroxyl groups excluding tert-OH is 1. The zero-order chi connectivity index (χ0) is 15.9. The second kappa shape index (κ2) is 8.29. The van der Waals surface area contributed by atoms with Crippen molar-refractivity contribution in [1.82, 2.24) is 14.8 Å². The first-order valence-electron chi connectivity index (χ1n) is 7.55. The van der Waals surface area contributed by atoms with Crippen molar-refractivity contribution in [1.29, 1.82) is 0 Å². The normalized spacial score (nSPS) is 11.3. The predicted molar refractivity (Wildman–Crippen MR) is 87.3 cm³/mol. The number of aromatic nitrogens is 3. The van der Waals surface area contributed by atoms with Crippen LogP contribution in [0.3, 0.4) is 0 Å². The van der Waals surface area contributed by atoms with Gasteiger partial charge < -0.3 is 9.67 Å². The Kier molecular flexibility index (Phi) is 6.39. The molecule has 0 radical (unpaired) electrons. The number of nitrogens with zero attached hydrogens (tertiary/aromatic N) is 3. The lowest BCUT2D eigenvalue weighted by Crippen LogP contribution is -2.08.